The van der Waals surface area contributed by atoms with Gasteiger partial charge in [0.05, 0.1) is 0 Å². The van der Waals surface area contributed by atoms with Gasteiger partial charge in [0.15, 0.2) is 0 Å². The van der Waals surface area contributed by atoms with Crippen LogP contribution in [-0.4, -0.2) is 30.0 Å². The molecule has 0 saturated carbocycles. The number of carbonyl (C=O) groups is 2. The van der Waals surface area contributed by atoms with Crippen molar-refractivity contribution in [2.24, 2.45) is 0 Å². The van der Waals surface area contributed by atoms with E-state index in [1.54, 1.807) is 41.7 Å². The minimum Gasteiger partial charge on any atom is -0.508 e. The zero-order chi connectivity index (χ0) is 20.5. The van der Waals surface area contributed by atoms with Gasteiger partial charge in [0, 0.05) is 29.1 Å². The van der Waals surface area contributed by atoms with E-state index in [2.05, 4.69) is 10.6 Å². The highest BCUT2D eigenvalue weighted by Crippen LogP contribution is 2.17. The molecule has 1 aromatic heterocycles. The number of phenols is 1. The Hall–Kier alpha value is -3.32. The van der Waals surface area contributed by atoms with Crippen molar-refractivity contribution in [2.45, 2.75) is 13.0 Å². The molecular weight excluding hydrogens is 388 g/mol. The third-order valence-corrected chi connectivity index (χ3v) is 4.94. The zero-order valence-corrected chi connectivity index (χ0v) is 16.6. The molecular formula is C22H22N2O4S. The molecule has 3 rings (SSSR count). The molecule has 1 heterocycles. The van der Waals surface area contributed by atoms with E-state index < -0.39 is 0 Å². The van der Waals surface area contributed by atoms with Gasteiger partial charge in [-0.15, -0.1) is 11.3 Å². The third kappa shape index (κ3) is 6.36. The summed E-state index contributed by atoms with van der Waals surface area (Å²) in [6.45, 7) is 1.32. The summed E-state index contributed by atoms with van der Waals surface area (Å²) in [6, 6.07) is 17.2. The lowest BCUT2D eigenvalue weighted by Crippen LogP contribution is -2.29. The number of hydrogen-bond donors (Lipinski definition) is 3. The first-order chi connectivity index (χ1) is 14.1. The lowest BCUT2D eigenvalue weighted by atomic mass is 10.2. The second kappa shape index (κ2) is 10.3. The standard InChI is InChI=1S/C22H22N2O4S/c25-18-7-1-5-16(13-18)21(26)23-10-4-11-24-22(27)17-6-2-8-19(14-17)28-15-20-9-3-12-29-20/h1-3,5-9,12-14,25H,4,10-11,15H2,(H,23,26)(H,24,27). The Morgan fingerprint density at radius 3 is 2.24 bits per heavy atom. The predicted octanol–water partition coefficient (Wildman–Crippen LogP) is 3.58. The first-order valence-electron chi connectivity index (χ1n) is 9.22. The smallest absolute Gasteiger partial charge is 0.251 e. The Bertz CT molecular complexity index is 957. The molecule has 0 bridgehead atoms. The Morgan fingerprint density at radius 2 is 1.59 bits per heavy atom. The topological polar surface area (TPSA) is 87.7 Å². The number of aromatic hydroxyl groups is 1. The third-order valence-electron chi connectivity index (χ3n) is 4.09. The number of phenolic OH excluding ortho intramolecular Hbond substituents is 1. The molecule has 0 unspecified atom stereocenters. The normalized spacial score (nSPS) is 10.3. The number of benzene rings is 2. The van der Waals surface area contributed by atoms with Gasteiger partial charge in [-0.05, 0) is 54.3 Å². The minimum atomic E-state index is -0.261. The van der Waals surface area contributed by atoms with E-state index in [1.807, 2.05) is 23.6 Å². The van der Waals surface area contributed by atoms with Crippen LogP contribution in [0.25, 0.3) is 0 Å². The summed E-state index contributed by atoms with van der Waals surface area (Å²) in [5.74, 6) is 0.240. The van der Waals surface area contributed by atoms with E-state index in [0.717, 1.165) is 4.88 Å². The van der Waals surface area contributed by atoms with Crippen molar-refractivity contribution in [2.75, 3.05) is 13.1 Å². The largest absolute Gasteiger partial charge is 0.508 e. The van der Waals surface area contributed by atoms with E-state index in [4.69, 9.17) is 4.74 Å². The Labute approximate surface area is 173 Å². The number of amides is 2. The summed E-state index contributed by atoms with van der Waals surface area (Å²) in [5, 5.41) is 17.0. The fourth-order valence-corrected chi connectivity index (χ4v) is 3.24. The van der Waals surface area contributed by atoms with Crippen LogP contribution in [0.2, 0.25) is 0 Å². The van der Waals surface area contributed by atoms with Crippen molar-refractivity contribution < 1.29 is 19.4 Å². The average molecular weight is 410 g/mol. The van der Waals surface area contributed by atoms with Crippen LogP contribution in [-0.2, 0) is 6.61 Å². The predicted molar refractivity (Wildman–Crippen MR) is 112 cm³/mol. The van der Waals surface area contributed by atoms with Gasteiger partial charge in [-0.25, -0.2) is 0 Å². The van der Waals surface area contributed by atoms with E-state index in [-0.39, 0.29) is 17.6 Å². The first-order valence-corrected chi connectivity index (χ1v) is 10.1. The SMILES string of the molecule is O=C(NCCCNC(=O)c1cccc(OCc2cccs2)c1)c1cccc(O)c1. The molecule has 0 aliphatic carbocycles. The highest BCUT2D eigenvalue weighted by molar-refractivity contribution is 7.09. The molecule has 0 spiro atoms. The van der Waals surface area contributed by atoms with Gasteiger partial charge in [-0.3, -0.25) is 9.59 Å². The van der Waals surface area contributed by atoms with Crippen molar-refractivity contribution in [1.29, 1.82) is 0 Å². The van der Waals surface area contributed by atoms with Crippen LogP contribution in [0.3, 0.4) is 0 Å². The second-order valence-electron chi connectivity index (χ2n) is 6.31. The molecule has 0 atom stereocenters. The van der Waals surface area contributed by atoms with Crippen LogP contribution >= 0.6 is 11.3 Å². The molecule has 0 fully saturated rings. The van der Waals surface area contributed by atoms with Gasteiger partial charge in [0.1, 0.15) is 18.1 Å². The number of rotatable bonds is 9. The molecule has 2 aromatic carbocycles. The molecule has 3 N–H and O–H groups in total. The van der Waals surface area contributed by atoms with E-state index >= 15 is 0 Å². The average Bonchev–Trinajstić information content (AvgIpc) is 3.25. The monoisotopic (exact) mass is 410 g/mol. The van der Waals surface area contributed by atoms with Crippen LogP contribution in [0.5, 0.6) is 11.5 Å². The van der Waals surface area contributed by atoms with Crippen molar-refractivity contribution in [3.63, 3.8) is 0 Å². The van der Waals surface area contributed by atoms with Gasteiger partial charge in [0.25, 0.3) is 11.8 Å². The van der Waals surface area contributed by atoms with Gasteiger partial charge >= 0.3 is 0 Å². The van der Waals surface area contributed by atoms with E-state index in [1.165, 1.54) is 12.1 Å². The summed E-state index contributed by atoms with van der Waals surface area (Å²) in [5.41, 5.74) is 0.922. The molecule has 150 valence electrons. The second-order valence-corrected chi connectivity index (χ2v) is 7.34. The molecule has 0 aliphatic rings. The molecule has 0 saturated heterocycles. The van der Waals surface area contributed by atoms with Gasteiger partial charge in [0.2, 0.25) is 0 Å². The van der Waals surface area contributed by atoms with Gasteiger partial charge in [-0.2, -0.15) is 0 Å². The highest BCUT2D eigenvalue weighted by atomic mass is 32.1. The number of ether oxygens (including phenoxy) is 1. The Morgan fingerprint density at radius 1 is 0.897 bits per heavy atom. The maximum atomic E-state index is 12.3. The summed E-state index contributed by atoms with van der Waals surface area (Å²) >= 11 is 1.62. The zero-order valence-electron chi connectivity index (χ0n) is 15.8. The van der Waals surface area contributed by atoms with Crippen LogP contribution in [0.1, 0.15) is 32.0 Å². The van der Waals surface area contributed by atoms with Gasteiger partial charge < -0.3 is 20.5 Å². The summed E-state index contributed by atoms with van der Waals surface area (Å²) in [4.78, 5) is 25.4. The lowest BCUT2D eigenvalue weighted by molar-refractivity contribution is 0.0951. The quantitative estimate of drug-likeness (QED) is 0.471. The molecule has 0 radical (unpaired) electrons. The van der Waals surface area contributed by atoms with E-state index in [0.29, 0.717) is 43.0 Å². The van der Waals surface area contributed by atoms with Crippen molar-refractivity contribution in [1.82, 2.24) is 10.6 Å². The maximum Gasteiger partial charge on any atom is 0.251 e. The summed E-state index contributed by atoms with van der Waals surface area (Å²) in [7, 11) is 0. The number of nitrogens with one attached hydrogen (secondary N) is 2. The van der Waals surface area contributed by atoms with Crippen LogP contribution < -0.4 is 15.4 Å². The minimum absolute atomic E-state index is 0.0477. The first kappa shape index (κ1) is 20.4. The molecule has 0 aliphatic heterocycles. The van der Waals surface area contributed by atoms with Crippen LogP contribution in [0, 0.1) is 0 Å². The van der Waals surface area contributed by atoms with Crippen LogP contribution in [0.4, 0.5) is 0 Å². The fraction of sp³-hybridized carbons (Fsp3) is 0.182. The fourth-order valence-electron chi connectivity index (χ4n) is 2.62. The number of hydrogen-bond acceptors (Lipinski definition) is 5. The van der Waals surface area contributed by atoms with Crippen molar-refractivity contribution in [3.05, 3.63) is 82.0 Å². The Kier molecular flexibility index (Phi) is 7.24. The van der Waals surface area contributed by atoms with Crippen LogP contribution in [0.15, 0.2) is 66.0 Å². The molecule has 29 heavy (non-hydrogen) atoms. The molecule has 3 aromatic rings. The summed E-state index contributed by atoms with van der Waals surface area (Å²) in [6.07, 6.45) is 0.588. The Balaban J connectivity index is 1.39. The maximum absolute atomic E-state index is 12.3. The van der Waals surface area contributed by atoms with Crippen molar-refractivity contribution >= 4 is 23.2 Å². The van der Waals surface area contributed by atoms with Gasteiger partial charge in [-0.1, -0.05) is 18.2 Å². The number of thiophene rings is 1. The highest BCUT2D eigenvalue weighted by Gasteiger charge is 2.08. The summed E-state index contributed by atoms with van der Waals surface area (Å²) < 4.78 is 5.73. The molecule has 7 heteroatoms. The number of carbonyl (C=O) groups excluding carboxylic acids is 2. The molecule has 2 amide bonds. The lowest BCUT2D eigenvalue weighted by Gasteiger charge is -2.09. The van der Waals surface area contributed by atoms with E-state index in [9.17, 15) is 14.7 Å². The van der Waals surface area contributed by atoms with Crippen molar-refractivity contribution in [3.8, 4) is 11.5 Å². The molecule has 6 nitrogen and oxygen atoms in total.